The van der Waals surface area contributed by atoms with E-state index in [4.69, 9.17) is 0 Å². The van der Waals surface area contributed by atoms with Crippen molar-refractivity contribution in [1.82, 2.24) is 14.1 Å². The molecule has 0 spiro atoms. The highest BCUT2D eigenvalue weighted by atomic mass is 32.2. The molecule has 0 amide bonds. The summed E-state index contributed by atoms with van der Waals surface area (Å²) in [5, 5.41) is 0.846. The number of anilines is 1. The second-order valence-corrected chi connectivity index (χ2v) is 9.05. The summed E-state index contributed by atoms with van der Waals surface area (Å²) in [5.41, 5.74) is 0.979. The van der Waals surface area contributed by atoms with Crippen LogP contribution in [0.1, 0.15) is 12.8 Å². The zero-order valence-electron chi connectivity index (χ0n) is 15.0. The molecule has 0 unspecified atom stereocenters. The van der Waals surface area contributed by atoms with Crippen molar-refractivity contribution < 1.29 is 12.8 Å². The molecular weight excluding hydrogens is 399 g/mol. The Labute approximate surface area is 167 Å². The average Bonchev–Trinajstić information content (AvgIpc) is 3.19. The summed E-state index contributed by atoms with van der Waals surface area (Å²) in [4.78, 5) is 6.83. The molecular formula is C19H19FN4O2S2. The van der Waals surface area contributed by atoms with Crippen LogP contribution in [0.15, 0.2) is 59.5 Å². The number of halogens is 1. The van der Waals surface area contributed by atoms with Crippen LogP contribution in [0.25, 0.3) is 11.4 Å². The number of hydrogen-bond acceptors (Lipinski definition) is 6. The van der Waals surface area contributed by atoms with Crippen LogP contribution in [0, 0.1) is 5.82 Å². The molecule has 3 aromatic rings. The first-order valence-electron chi connectivity index (χ1n) is 8.93. The Bertz CT molecular complexity index is 1030. The third-order valence-electron chi connectivity index (χ3n) is 4.66. The fourth-order valence-electron chi connectivity index (χ4n) is 3.14. The Morgan fingerprint density at radius 1 is 1.04 bits per heavy atom. The van der Waals surface area contributed by atoms with Gasteiger partial charge in [0.2, 0.25) is 15.2 Å². The van der Waals surface area contributed by atoms with E-state index in [0.29, 0.717) is 31.8 Å². The molecule has 1 N–H and O–H groups in total. The van der Waals surface area contributed by atoms with Crippen LogP contribution in [-0.2, 0) is 10.0 Å². The zero-order chi connectivity index (χ0) is 19.6. The average molecular weight is 419 g/mol. The molecule has 28 heavy (non-hydrogen) atoms. The molecule has 0 radical (unpaired) electrons. The Morgan fingerprint density at radius 3 is 2.39 bits per heavy atom. The van der Waals surface area contributed by atoms with E-state index in [1.54, 1.807) is 0 Å². The number of rotatable bonds is 5. The zero-order valence-corrected chi connectivity index (χ0v) is 16.6. The number of nitrogens with one attached hydrogen (secondary N) is 1. The van der Waals surface area contributed by atoms with Gasteiger partial charge in [-0.3, -0.25) is 0 Å². The quantitative estimate of drug-likeness (QED) is 0.688. The molecule has 2 heterocycles. The second kappa shape index (κ2) is 7.94. The van der Waals surface area contributed by atoms with Crippen molar-refractivity contribution in [1.29, 1.82) is 0 Å². The molecule has 1 aliphatic rings. The lowest BCUT2D eigenvalue weighted by Gasteiger charge is -2.31. The molecule has 0 bridgehead atoms. The number of benzene rings is 2. The van der Waals surface area contributed by atoms with Crippen molar-refractivity contribution in [2.75, 3.05) is 18.0 Å². The molecule has 2 aromatic carbocycles. The molecule has 9 heteroatoms. The van der Waals surface area contributed by atoms with E-state index in [-0.39, 0.29) is 10.9 Å². The highest BCUT2D eigenvalue weighted by Crippen LogP contribution is 2.26. The van der Waals surface area contributed by atoms with Gasteiger partial charge in [-0.2, -0.15) is 9.36 Å². The lowest BCUT2D eigenvalue weighted by Crippen LogP contribution is -2.44. The lowest BCUT2D eigenvalue weighted by atomic mass is 10.1. The van der Waals surface area contributed by atoms with Crippen molar-refractivity contribution in [3.63, 3.8) is 0 Å². The van der Waals surface area contributed by atoms with Gasteiger partial charge in [-0.15, -0.1) is 0 Å². The molecule has 1 aliphatic heterocycles. The topological polar surface area (TPSA) is 75.2 Å². The first kappa shape index (κ1) is 19.0. The van der Waals surface area contributed by atoms with Crippen molar-refractivity contribution in [3.8, 4) is 11.4 Å². The molecule has 146 valence electrons. The van der Waals surface area contributed by atoms with Crippen molar-refractivity contribution >= 4 is 26.7 Å². The minimum Gasteiger partial charge on any atom is -0.347 e. The fourth-order valence-corrected chi connectivity index (χ4v) is 5.18. The Morgan fingerprint density at radius 2 is 1.71 bits per heavy atom. The van der Waals surface area contributed by atoms with Gasteiger partial charge in [0.1, 0.15) is 5.82 Å². The van der Waals surface area contributed by atoms with Gasteiger partial charge in [-0.25, -0.2) is 17.5 Å². The summed E-state index contributed by atoms with van der Waals surface area (Å²) in [7, 11) is -3.65. The number of aromatic nitrogens is 2. The molecule has 4 rings (SSSR count). The van der Waals surface area contributed by atoms with Crippen LogP contribution in [0.4, 0.5) is 9.52 Å². The van der Waals surface area contributed by atoms with Gasteiger partial charge in [0.25, 0.3) is 0 Å². The highest BCUT2D eigenvalue weighted by molar-refractivity contribution is 7.89. The molecule has 1 aromatic heterocycles. The largest absolute Gasteiger partial charge is 0.347 e. The van der Waals surface area contributed by atoms with Crippen LogP contribution in [0.5, 0.6) is 0 Å². The predicted molar refractivity (Wildman–Crippen MR) is 107 cm³/mol. The number of sulfonamides is 1. The van der Waals surface area contributed by atoms with Crippen LogP contribution < -0.4 is 9.62 Å². The van der Waals surface area contributed by atoms with E-state index in [1.165, 1.54) is 23.7 Å². The summed E-state index contributed by atoms with van der Waals surface area (Å²) >= 11 is 1.35. The first-order chi connectivity index (χ1) is 13.5. The molecule has 1 saturated heterocycles. The fraction of sp³-hybridized carbons (Fsp3) is 0.263. The third-order valence-corrected chi connectivity index (χ3v) is 6.97. The van der Waals surface area contributed by atoms with Crippen LogP contribution in [0.2, 0.25) is 0 Å². The Balaban J connectivity index is 1.37. The molecule has 0 aliphatic carbocycles. The van der Waals surface area contributed by atoms with E-state index in [0.717, 1.165) is 22.8 Å². The van der Waals surface area contributed by atoms with Gasteiger partial charge in [0.05, 0.1) is 4.90 Å². The maximum atomic E-state index is 13.0. The number of nitrogens with zero attached hydrogens (tertiary/aromatic N) is 3. The van der Waals surface area contributed by atoms with Crippen LogP contribution >= 0.6 is 11.5 Å². The molecule has 6 nitrogen and oxygen atoms in total. The van der Waals surface area contributed by atoms with E-state index in [1.807, 2.05) is 30.3 Å². The molecule has 1 fully saturated rings. The Kier molecular flexibility index (Phi) is 5.38. The SMILES string of the molecule is O=S(=O)(NC1CCN(c2nc(-c3ccccc3)ns2)CC1)c1ccc(F)cc1. The maximum Gasteiger partial charge on any atom is 0.240 e. The van der Waals surface area contributed by atoms with Gasteiger partial charge in [0.15, 0.2) is 5.82 Å². The van der Waals surface area contributed by atoms with Gasteiger partial charge < -0.3 is 4.90 Å². The normalized spacial score (nSPS) is 15.7. The lowest BCUT2D eigenvalue weighted by molar-refractivity contribution is 0.460. The Hall–Kier alpha value is -2.36. The van der Waals surface area contributed by atoms with Gasteiger partial charge in [0, 0.05) is 36.2 Å². The number of piperidine rings is 1. The third kappa shape index (κ3) is 4.21. The van der Waals surface area contributed by atoms with Crippen molar-refractivity contribution in [3.05, 3.63) is 60.4 Å². The van der Waals surface area contributed by atoms with Crippen LogP contribution in [-0.4, -0.2) is 36.9 Å². The maximum absolute atomic E-state index is 13.0. The number of hydrogen-bond donors (Lipinski definition) is 1. The smallest absolute Gasteiger partial charge is 0.240 e. The summed E-state index contributed by atoms with van der Waals surface area (Å²) in [6.45, 7) is 1.39. The van der Waals surface area contributed by atoms with Crippen molar-refractivity contribution in [2.24, 2.45) is 0 Å². The minimum atomic E-state index is -3.65. The molecule has 0 atom stereocenters. The predicted octanol–water partition coefficient (Wildman–Crippen LogP) is 3.29. The van der Waals surface area contributed by atoms with E-state index >= 15 is 0 Å². The summed E-state index contributed by atoms with van der Waals surface area (Å²) in [6.07, 6.45) is 1.33. The van der Waals surface area contributed by atoms with Crippen molar-refractivity contribution in [2.45, 2.75) is 23.8 Å². The van der Waals surface area contributed by atoms with Gasteiger partial charge in [-0.1, -0.05) is 30.3 Å². The standard InChI is InChI=1S/C19H19FN4O2S2/c20-15-6-8-17(9-7-15)28(25,26)23-16-10-12-24(13-11-16)19-21-18(22-27-19)14-4-2-1-3-5-14/h1-9,16,23H,10-13H2. The van der Waals surface area contributed by atoms with Crippen LogP contribution in [0.3, 0.4) is 0 Å². The second-order valence-electron chi connectivity index (χ2n) is 6.60. The van der Waals surface area contributed by atoms with Gasteiger partial charge in [-0.05, 0) is 37.1 Å². The summed E-state index contributed by atoms with van der Waals surface area (Å²) in [5.74, 6) is 0.249. The van der Waals surface area contributed by atoms with Gasteiger partial charge >= 0.3 is 0 Å². The first-order valence-corrected chi connectivity index (χ1v) is 11.2. The van der Waals surface area contributed by atoms with E-state index in [2.05, 4.69) is 19.0 Å². The summed E-state index contributed by atoms with van der Waals surface area (Å²) < 4.78 is 45.1. The molecule has 0 saturated carbocycles. The highest BCUT2D eigenvalue weighted by Gasteiger charge is 2.26. The van der Waals surface area contributed by atoms with E-state index < -0.39 is 15.8 Å². The van der Waals surface area contributed by atoms with E-state index in [9.17, 15) is 12.8 Å². The monoisotopic (exact) mass is 418 g/mol. The minimum absolute atomic E-state index is 0.0768. The summed E-state index contributed by atoms with van der Waals surface area (Å²) in [6, 6.07) is 14.5.